The smallest absolute Gasteiger partial charge is 0.220 e. The summed E-state index contributed by atoms with van der Waals surface area (Å²) in [6.07, 6.45) is 2.38. The molecule has 0 bridgehead atoms. The Morgan fingerprint density at radius 1 is 1.83 bits per heavy atom. The SMILES string of the molecule is C=CC(C)NC(=O)CC1CNC1. The zero-order chi connectivity index (χ0) is 8.97. The molecule has 0 saturated carbocycles. The highest BCUT2D eigenvalue weighted by Gasteiger charge is 2.20. The molecule has 68 valence electrons. The van der Waals surface area contributed by atoms with Crippen molar-refractivity contribution in [1.29, 1.82) is 0 Å². The van der Waals surface area contributed by atoms with Gasteiger partial charge in [0.25, 0.3) is 0 Å². The van der Waals surface area contributed by atoms with Gasteiger partial charge >= 0.3 is 0 Å². The van der Waals surface area contributed by atoms with Gasteiger partial charge in [0.1, 0.15) is 0 Å². The average Bonchev–Trinajstić information content (AvgIpc) is 1.97. The number of hydrogen-bond donors (Lipinski definition) is 2. The third kappa shape index (κ3) is 2.66. The maximum Gasteiger partial charge on any atom is 0.220 e. The highest BCUT2D eigenvalue weighted by atomic mass is 16.1. The van der Waals surface area contributed by atoms with Gasteiger partial charge in [-0.25, -0.2) is 0 Å². The Morgan fingerprint density at radius 2 is 2.50 bits per heavy atom. The van der Waals surface area contributed by atoms with Crippen molar-refractivity contribution in [1.82, 2.24) is 10.6 Å². The lowest BCUT2D eigenvalue weighted by atomic mass is 9.99. The molecule has 0 spiro atoms. The topological polar surface area (TPSA) is 41.1 Å². The van der Waals surface area contributed by atoms with Crippen molar-refractivity contribution < 1.29 is 4.79 Å². The molecule has 3 heteroatoms. The van der Waals surface area contributed by atoms with E-state index in [1.807, 2.05) is 6.92 Å². The molecule has 1 unspecified atom stereocenters. The molecule has 0 radical (unpaired) electrons. The van der Waals surface area contributed by atoms with E-state index in [1.54, 1.807) is 6.08 Å². The molecule has 2 N–H and O–H groups in total. The number of amides is 1. The Bertz CT molecular complexity index is 175. The summed E-state index contributed by atoms with van der Waals surface area (Å²) in [5, 5.41) is 5.98. The zero-order valence-electron chi connectivity index (χ0n) is 7.47. The Labute approximate surface area is 73.2 Å². The molecule has 1 heterocycles. The van der Waals surface area contributed by atoms with Crippen molar-refractivity contribution >= 4 is 5.91 Å². The van der Waals surface area contributed by atoms with Crippen LogP contribution in [0.5, 0.6) is 0 Å². The summed E-state index contributed by atoms with van der Waals surface area (Å²) < 4.78 is 0. The summed E-state index contributed by atoms with van der Waals surface area (Å²) in [6, 6.07) is 0.0885. The van der Waals surface area contributed by atoms with Gasteiger partial charge in [-0.15, -0.1) is 6.58 Å². The van der Waals surface area contributed by atoms with E-state index in [1.165, 1.54) is 0 Å². The van der Waals surface area contributed by atoms with Gasteiger partial charge in [-0.05, 0) is 25.9 Å². The molecule has 1 rings (SSSR count). The minimum absolute atomic E-state index is 0.0885. The van der Waals surface area contributed by atoms with Gasteiger partial charge in [0, 0.05) is 12.5 Å². The highest BCUT2D eigenvalue weighted by molar-refractivity contribution is 5.76. The van der Waals surface area contributed by atoms with Crippen LogP contribution in [0.4, 0.5) is 0 Å². The van der Waals surface area contributed by atoms with Crippen LogP contribution in [0.2, 0.25) is 0 Å². The van der Waals surface area contributed by atoms with E-state index in [-0.39, 0.29) is 11.9 Å². The normalized spacial score (nSPS) is 19.4. The Hall–Kier alpha value is -0.830. The fourth-order valence-corrected chi connectivity index (χ4v) is 1.13. The summed E-state index contributed by atoms with van der Waals surface area (Å²) >= 11 is 0. The van der Waals surface area contributed by atoms with Crippen LogP contribution in [-0.4, -0.2) is 25.0 Å². The molecule has 1 fully saturated rings. The van der Waals surface area contributed by atoms with Crippen LogP contribution in [0.3, 0.4) is 0 Å². The van der Waals surface area contributed by atoms with E-state index in [0.29, 0.717) is 12.3 Å². The van der Waals surface area contributed by atoms with Crippen LogP contribution in [0.15, 0.2) is 12.7 Å². The highest BCUT2D eigenvalue weighted by Crippen LogP contribution is 2.07. The third-order valence-corrected chi connectivity index (χ3v) is 2.08. The largest absolute Gasteiger partial charge is 0.350 e. The number of carbonyl (C=O) groups is 1. The fourth-order valence-electron chi connectivity index (χ4n) is 1.13. The van der Waals surface area contributed by atoms with Crippen LogP contribution in [-0.2, 0) is 4.79 Å². The number of carbonyl (C=O) groups excluding carboxylic acids is 1. The van der Waals surface area contributed by atoms with Gasteiger partial charge in [-0.2, -0.15) is 0 Å². The first-order valence-electron chi connectivity index (χ1n) is 4.35. The lowest BCUT2D eigenvalue weighted by Crippen LogP contribution is -2.45. The maximum absolute atomic E-state index is 11.2. The van der Waals surface area contributed by atoms with Gasteiger partial charge in [0.15, 0.2) is 0 Å². The van der Waals surface area contributed by atoms with E-state index >= 15 is 0 Å². The first kappa shape index (κ1) is 9.26. The van der Waals surface area contributed by atoms with E-state index < -0.39 is 0 Å². The van der Waals surface area contributed by atoms with E-state index in [2.05, 4.69) is 17.2 Å². The Balaban J connectivity index is 2.14. The van der Waals surface area contributed by atoms with Crippen LogP contribution < -0.4 is 10.6 Å². The lowest BCUT2D eigenvalue weighted by Gasteiger charge is -2.26. The summed E-state index contributed by atoms with van der Waals surface area (Å²) in [5.74, 6) is 0.677. The monoisotopic (exact) mass is 168 g/mol. The summed E-state index contributed by atoms with van der Waals surface area (Å²) in [6.45, 7) is 7.48. The molecule has 1 aliphatic heterocycles. The van der Waals surface area contributed by atoms with Crippen molar-refractivity contribution in [2.45, 2.75) is 19.4 Å². The van der Waals surface area contributed by atoms with Gasteiger partial charge < -0.3 is 10.6 Å². The van der Waals surface area contributed by atoms with Gasteiger partial charge in [-0.3, -0.25) is 4.79 Å². The summed E-state index contributed by atoms with van der Waals surface area (Å²) in [4.78, 5) is 11.2. The van der Waals surface area contributed by atoms with Crippen LogP contribution >= 0.6 is 0 Å². The second kappa shape index (κ2) is 4.26. The molecule has 0 aliphatic carbocycles. The minimum Gasteiger partial charge on any atom is -0.350 e. The molecule has 0 aromatic heterocycles. The van der Waals surface area contributed by atoms with Crippen LogP contribution in [0.1, 0.15) is 13.3 Å². The molecular weight excluding hydrogens is 152 g/mol. The lowest BCUT2D eigenvalue weighted by molar-refractivity contribution is -0.122. The minimum atomic E-state index is 0.0885. The van der Waals surface area contributed by atoms with Gasteiger partial charge in [0.2, 0.25) is 5.91 Å². The predicted octanol–water partition coefficient (Wildman–Crippen LogP) is 0.287. The van der Waals surface area contributed by atoms with Crippen molar-refractivity contribution in [3.05, 3.63) is 12.7 Å². The third-order valence-electron chi connectivity index (χ3n) is 2.08. The fraction of sp³-hybridized carbons (Fsp3) is 0.667. The van der Waals surface area contributed by atoms with E-state index in [9.17, 15) is 4.79 Å². The number of hydrogen-bond acceptors (Lipinski definition) is 2. The first-order chi connectivity index (χ1) is 5.72. The summed E-state index contributed by atoms with van der Waals surface area (Å²) in [5.41, 5.74) is 0. The molecule has 0 aromatic rings. The molecule has 1 saturated heterocycles. The maximum atomic E-state index is 11.2. The second-order valence-corrected chi connectivity index (χ2v) is 3.32. The standard InChI is InChI=1S/C9H16N2O/c1-3-7(2)11-9(12)4-8-5-10-6-8/h3,7-8,10H,1,4-6H2,2H3,(H,11,12). The predicted molar refractivity (Wildman–Crippen MR) is 48.8 cm³/mol. The number of rotatable bonds is 4. The molecule has 0 aromatic carbocycles. The molecule has 1 amide bonds. The quantitative estimate of drug-likeness (QED) is 0.592. The van der Waals surface area contributed by atoms with Crippen LogP contribution in [0.25, 0.3) is 0 Å². The van der Waals surface area contributed by atoms with Crippen molar-refractivity contribution in [3.63, 3.8) is 0 Å². The average molecular weight is 168 g/mol. The van der Waals surface area contributed by atoms with Gasteiger partial charge in [-0.1, -0.05) is 6.08 Å². The van der Waals surface area contributed by atoms with Crippen molar-refractivity contribution in [2.24, 2.45) is 5.92 Å². The van der Waals surface area contributed by atoms with Gasteiger partial charge in [0.05, 0.1) is 0 Å². The molecule has 3 nitrogen and oxygen atoms in total. The van der Waals surface area contributed by atoms with Crippen molar-refractivity contribution in [2.75, 3.05) is 13.1 Å². The molecule has 1 aliphatic rings. The second-order valence-electron chi connectivity index (χ2n) is 3.32. The Morgan fingerprint density at radius 3 is 2.92 bits per heavy atom. The first-order valence-corrected chi connectivity index (χ1v) is 4.35. The molecular formula is C9H16N2O. The molecule has 1 atom stereocenters. The van der Waals surface area contributed by atoms with Crippen LogP contribution in [0, 0.1) is 5.92 Å². The molecule has 12 heavy (non-hydrogen) atoms. The van der Waals surface area contributed by atoms with E-state index in [4.69, 9.17) is 0 Å². The Kier molecular flexibility index (Phi) is 3.29. The summed E-state index contributed by atoms with van der Waals surface area (Å²) in [7, 11) is 0. The van der Waals surface area contributed by atoms with Crippen molar-refractivity contribution in [3.8, 4) is 0 Å². The number of nitrogens with one attached hydrogen (secondary N) is 2. The zero-order valence-corrected chi connectivity index (χ0v) is 7.47. The van der Waals surface area contributed by atoms with E-state index in [0.717, 1.165) is 13.1 Å².